The molecule has 0 amide bonds. The molecular weight excluding hydrogens is 321 g/mol. The third-order valence-electron chi connectivity index (χ3n) is 4.74. The van der Waals surface area contributed by atoms with E-state index in [9.17, 15) is 4.39 Å². The van der Waals surface area contributed by atoms with Crippen molar-refractivity contribution in [1.29, 1.82) is 0 Å². The first-order chi connectivity index (χ1) is 11.5. The highest BCUT2D eigenvalue weighted by atomic mass is 35.5. The van der Waals surface area contributed by atoms with Crippen LogP contribution >= 0.6 is 11.6 Å². The monoisotopic (exact) mass is 343 g/mol. The molecule has 1 nitrogen and oxygen atoms in total. The number of benzene rings is 2. The summed E-state index contributed by atoms with van der Waals surface area (Å²) in [6.45, 7) is 6.16. The Morgan fingerprint density at radius 2 is 1.96 bits per heavy atom. The molecule has 1 heterocycles. The molecule has 0 radical (unpaired) electrons. The van der Waals surface area contributed by atoms with Gasteiger partial charge in [0, 0.05) is 27.5 Å². The minimum absolute atomic E-state index is 0.0244. The lowest BCUT2D eigenvalue weighted by atomic mass is 9.91. The quantitative estimate of drug-likeness (QED) is 0.526. The van der Waals surface area contributed by atoms with E-state index in [0.29, 0.717) is 0 Å². The SMILES string of the molecule is CCCCc1c(C(C)c2ccc(C)cc2F)[nH]c2ccc(Cl)cc12. The first kappa shape index (κ1) is 17.0. The van der Waals surface area contributed by atoms with Gasteiger partial charge in [-0.1, -0.05) is 44.0 Å². The molecule has 1 N–H and O–H groups in total. The molecule has 0 saturated heterocycles. The number of nitrogens with one attached hydrogen (secondary N) is 1. The van der Waals surface area contributed by atoms with Crippen molar-refractivity contribution >= 4 is 22.5 Å². The zero-order valence-corrected chi connectivity index (χ0v) is 15.2. The molecule has 0 aliphatic rings. The first-order valence-corrected chi connectivity index (χ1v) is 8.95. The number of unbranched alkanes of at least 4 members (excludes halogenated alkanes) is 1. The summed E-state index contributed by atoms with van der Waals surface area (Å²) in [5.41, 5.74) is 5.11. The third-order valence-corrected chi connectivity index (χ3v) is 4.97. The molecule has 0 saturated carbocycles. The molecule has 0 bridgehead atoms. The number of aromatic nitrogens is 1. The second-order valence-electron chi connectivity index (χ2n) is 6.56. The second kappa shape index (κ2) is 6.98. The van der Waals surface area contributed by atoms with Crippen LogP contribution in [0, 0.1) is 12.7 Å². The molecule has 3 heteroatoms. The molecule has 126 valence electrons. The van der Waals surface area contributed by atoms with Crippen molar-refractivity contribution in [3.8, 4) is 0 Å². The van der Waals surface area contributed by atoms with Crippen LogP contribution in [0.3, 0.4) is 0 Å². The molecule has 0 spiro atoms. The lowest BCUT2D eigenvalue weighted by Crippen LogP contribution is -2.03. The van der Waals surface area contributed by atoms with Gasteiger partial charge in [-0.25, -0.2) is 4.39 Å². The van der Waals surface area contributed by atoms with Gasteiger partial charge in [0.2, 0.25) is 0 Å². The van der Waals surface area contributed by atoms with E-state index < -0.39 is 0 Å². The molecule has 0 fully saturated rings. The van der Waals surface area contributed by atoms with Crippen molar-refractivity contribution in [2.45, 2.75) is 46.0 Å². The lowest BCUT2D eigenvalue weighted by molar-refractivity contribution is 0.599. The van der Waals surface area contributed by atoms with Gasteiger partial charge in [0.05, 0.1) is 0 Å². The predicted molar refractivity (Wildman–Crippen MR) is 101 cm³/mol. The van der Waals surface area contributed by atoms with E-state index in [1.165, 1.54) is 5.56 Å². The van der Waals surface area contributed by atoms with Gasteiger partial charge < -0.3 is 4.98 Å². The van der Waals surface area contributed by atoms with Crippen molar-refractivity contribution < 1.29 is 4.39 Å². The van der Waals surface area contributed by atoms with E-state index in [-0.39, 0.29) is 11.7 Å². The number of halogens is 2. The smallest absolute Gasteiger partial charge is 0.127 e. The van der Waals surface area contributed by atoms with Gasteiger partial charge in [-0.15, -0.1) is 0 Å². The van der Waals surface area contributed by atoms with Crippen molar-refractivity contribution in [1.82, 2.24) is 4.98 Å². The molecule has 1 unspecified atom stereocenters. The van der Waals surface area contributed by atoms with Crippen LogP contribution in [-0.4, -0.2) is 4.98 Å². The molecule has 1 atom stereocenters. The van der Waals surface area contributed by atoms with Gasteiger partial charge in [-0.2, -0.15) is 0 Å². The Bertz CT molecular complexity index is 866. The minimum Gasteiger partial charge on any atom is -0.358 e. The molecule has 3 aromatic rings. The summed E-state index contributed by atoms with van der Waals surface area (Å²) in [7, 11) is 0. The van der Waals surface area contributed by atoms with Gasteiger partial charge >= 0.3 is 0 Å². The summed E-state index contributed by atoms with van der Waals surface area (Å²) in [4.78, 5) is 3.52. The number of aryl methyl sites for hydroxylation is 2. The fourth-order valence-electron chi connectivity index (χ4n) is 3.37. The Labute approximate surface area is 147 Å². The number of hydrogen-bond acceptors (Lipinski definition) is 0. The fourth-order valence-corrected chi connectivity index (χ4v) is 3.54. The van der Waals surface area contributed by atoms with Crippen LogP contribution < -0.4 is 0 Å². The summed E-state index contributed by atoms with van der Waals surface area (Å²) >= 11 is 6.20. The number of fused-ring (bicyclic) bond motifs is 1. The average Bonchev–Trinajstić information content (AvgIpc) is 2.90. The van der Waals surface area contributed by atoms with Crippen LogP contribution in [0.25, 0.3) is 10.9 Å². The van der Waals surface area contributed by atoms with Crippen molar-refractivity contribution in [3.05, 3.63) is 69.6 Å². The Morgan fingerprint density at radius 1 is 1.17 bits per heavy atom. The van der Waals surface area contributed by atoms with Crippen LogP contribution in [0.4, 0.5) is 4.39 Å². The van der Waals surface area contributed by atoms with Gasteiger partial charge in [0.25, 0.3) is 0 Å². The van der Waals surface area contributed by atoms with E-state index in [2.05, 4.69) is 18.8 Å². The second-order valence-corrected chi connectivity index (χ2v) is 6.99. The van der Waals surface area contributed by atoms with Gasteiger partial charge in [0.15, 0.2) is 0 Å². The maximum absolute atomic E-state index is 14.5. The molecule has 24 heavy (non-hydrogen) atoms. The highest BCUT2D eigenvalue weighted by Crippen LogP contribution is 2.35. The summed E-state index contributed by atoms with van der Waals surface area (Å²) in [5, 5.41) is 1.89. The van der Waals surface area contributed by atoms with Crippen molar-refractivity contribution in [2.24, 2.45) is 0 Å². The van der Waals surface area contributed by atoms with E-state index >= 15 is 0 Å². The van der Waals surface area contributed by atoms with E-state index in [4.69, 9.17) is 11.6 Å². The summed E-state index contributed by atoms with van der Waals surface area (Å²) in [6, 6.07) is 11.4. The van der Waals surface area contributed by atoms with Crippen LogP contribution in [0.15, 0.2) is 36.4 Å². The third kappa shape index (κ3) is 3.21. The standard InChI is InChI=1S/C21H23ClFN/c1-4-5-6-17-18-12-15(22)8-10-20(18)24-21(17)14(3)16-9-7-13(2)11-19(16)23/h7-12,14,24H,4-6H2,1-3H3. The predicted octanol–water partition coefficient (Wildman–Crippen LogP) is 6.76. The Morgan fingerprint density at radius 3 is 2.67 bits per heavy atom. The number of rotatable bonds is 5. The first-order valence-electron chi connectivity index (χ1n) is 8.57. The average molecular weight is 344 g/mol. The number of aromatic amines is 1. The zero-order valence-electron chi connectivity index (χ0n) is 14.4. The van der Waals surface area contributed by atoms with Crippen molar-refractivity contribution in [2.75, 3.05) is 0 Å². The van der Waals surface area contributed by atoms with E-state index in [0.717, 1.165) is 52.0 Å². The Kier molecular flexibility index (Phi) is 4.96. The van der Waals surface area contributed by atoms with Gasteiger partial charge in [0.1, 0.15) is 5.82 Å². The minimum atomic E-state index is -0.138. The Balaban J connectivity index is 2.13. The molecule has 3 rings (SSSR count). The summed E-state index contributed by atoms with van der Waals surface area (Å²) in [5.74, 6) is -0.163. The van der Waals surface area contributed by atoms with Crippen LogP contribution in [-0.2, 0) is 6.42 Å². The van der Waals surface area contributed by atoms with E-state index in [1.807, 2.05) is 37.3 Å². The molecule has 0 aliphatic carbocycles. The summed E-state index contributed by atoms with van der Waals surface area (Å²) in [6.07, 6.45) is 3.21. The van der Waals surface area contributed by atoms with Gasteiger partial charge in [-0.05, 0) is 60.7 Å². The van der Waals surface area contributed by atoms with Crippen LogP contribution in [0.1, 0.15) is 55.0 Å². The molecular formula is C21H23ClFN. The van der Waals surface area contributed by atoms with E-state index in [1.54, 1.807) is 6.07 Å². The van der Waals surface area contributed by atoms with Crippen LogP contribution in [0.5, 0.6) is 0 Å². The topological polar surface area (TPSA) is 15.8 Å². The normalized spacial score (nSPS) is 12.7. The highest BCUT2D eigenvalue weighted by Gasteiger charge is 2.20. The van der Waals surface area contributed by atoms with Crippen molar-refractivity contribution in [3.63, 3.8) is 0 Å². The highest BCUT2D eigenvalue weighted by molar-refractivity contribution is 6.31. The Hall–Kier alpha value is -1.80. The van der Waals surface area contributed by atoms with Gasteiger partial charge in [-0.3, -0.25) is 0 Å². The largest absolute Gasteiger partial charge is 0.358 e. The lowest BCUT2D eigenvalue weighted by Gasteiger charge is -2.15. The number of hydrogen-bond donors (Lipinski definition) is 1. The maximum Gasteiger partial charge on any atom is 0.127 e. The zero-order chi connectivity index (χ0) is 17.3. The number of H-pyrrole nitrogens is 1. The van der Waals surface area contributed by atoms with Crippen LogP contribution in [0.2, 0.25) is 5.02 Å². The molecule has 1 aromatic heterocycles. The fraction of sp³-hybridized carbons (Fsp3) is 0.333. The summed E-state index contributed by atoms with van der Waals surface area (Å²) < 4.78 is 14.5. The molecule has 0 aliphatic heterocycles. The maximum atomic E-state index is 14.5. The molecule has 2 aromatic carbocycles.